The quantitative estimate of drug-likeness (QED) is 0.753. The first-order valence-electron chi connectivity index (χ1n) is 9.88. The number of sulfonamides is 1. The average molecular weight is 417 g/mol. The first-order chi connectivity index (χ1) is 13.9. The third kappa shape index (κ3) is 5.58. The van der Waals surface area contributed by atoms with Gasteiger partial charge in [0, 0.05) is 19.6 Å². The van der Waals surface area contributed by atoms with Gasteiger partial charge in [-0.05, 0) is 56.4 Å². The summed E-state index contributed by atoms with van der Waals surface area (Å²) in [5, 5.41) is 2.91. The molecule has 0 aliphatic carbocycles. The van der Waals surface area contributed by atoms with Crippen LogP contribution in [0.1, 0.15) is 24.0 Å². The SMILES string of the molecule is Cc1ccc(OCC(=O)NCC2CCN(S(=O)(=O)c3ccccc3)CC2)c(C)c1. The minimum Gasteiger partial charge on any atom is -0.484 e. The molecule has 0 saturated carbocycles. The second kappa shape index (κ2) is 9.41. The van der Waals surface area contributed by atoms with Crippen molar-refractivity contribution in [3.05, 3.63) is 59.7 Å². The molecule has 2 aromatic carbocycles. The number of aryl methyl sites for hydroxylation is 2. The molecule has 3 rings (SSSR count). The van der Waals surface area contributed by atoms with Crippen LogP contribution in [0.25, 0.3) is 0 Å². The Balaban J connectivity index is 1.42. The molecule has 1 saturated heterocycles. The lowest BCUT2D eigenvalue weighted by molar-refractivity contribution is -0.123. The Bertz CT molecular complexity index is 937. The van der Waals surface area contributed by atoms with Crippen molar-refractivity contribution in [1.82, 2.24) is 9.62 Å². The van der Waals surface area contributed by atoms with Gasteiger partial charge in [0.25, 0.3) is 5.91 Å². The van der Waals surface area contributed by atoms with E-state index in [1.807, 2.05) is 32.0 Å². The van der Waals surface area contributed by atoms with Gasteiger partial charge in [-0.3, -0.25) is 4.79 Å². The molecule has 0 unspecified atom stereocenters. The average Bonchev–Trinajstić information content (AvgIpc) is 2.72. The lowest BCUT2D eigenvalue weighted by Gasteiger charge is -2.31. The lowest BCUT2D eigenvalue weighted by atomic mass is 9.98. The summed E-state index contributed by atoms with van der Waals surface area (Å²) >= 11 is 0. The summed E-state index contributed by atoms with van der Waals surface area (Å²) in [5.74, 6) is 0.816. The van der Waals surface area contributed by atoms with Gasteiger partial charge >= 0.3 is 0 Å². The molecular formula is C22H28N2O4S. The van der Waals surface area contributed by atoms with Crippen molar-refractivity contribution in [3.63, 3.8) is 0 Å². The molecule has 6 nitrogen and oxygen atoms in total. The van der Waals surface area contributed by atoms with E-state index in [1.54, 1.807) is 30.3 Å². The van der Waals surface area contributed by atoms with E-state index in [1.165, 1.54) is 4.31 Å². The van der Waals surface area contributed by atoms with E-state index < -0.39 is 10.0 Å². The molecule has 7 heteroatoms. The van der Waals surface area contributed by atoms with Crippen LogP contribution in [-0.4, -0.2) is 44.9 Å². The number of benzene rings is 2. The highest BCUT2D eigenvalue weighted by atomic mass is 32.2. The molecule has 29 heavy (non-hydrogen) atoms. The number of nitrogens with one attached hydrogen (secondary N) is 1. The fraction of sp³-hybridized carbons (Fsp3) is 0.409. The van der Waals surface area contributed by atoms with Crippen LogP contribution in [0.5, 0.6) is 5.75 Å². The first kappa shape index (κ1) is 21.3. The predicted molar refractivity (Wildman–Crippen MR) is 112 cm³/mol. The number of piperidine rings is 1. The molecule has 1 heterocycles. The van der Waals surface area contributed by atoms with E-state index in [0.717, 1.165) is 24.0 Å². The van der Waals surface area contributed by atoms with E-state index in [2.05, 4.69) is 5.32 Å². The van der Waals surface area contributed by atoms with Crippen molar-refractivity contribution in [2.75, 3.05) is 26.2 Å². The summed E-state index contributed by atoms with van der Waals surface area (Å²) in [6.45, 7) is 5.42. The van der Waals surface area contributed by atoms with Gasteiger partial charge in [0.1, 0.15) is 5.75 Å². The Kier molecular flexibility index (Phi) is 6.92. The Hall–Kier alpha value is -2.38. The summed E-state index contributed by atoms with van der Waals surface area (Å²) in [6.07, 6.45) is 1.45. The molecule has 0 aromatic heterocycles. The van der Waals surface area contributed by atoms with E-state index >= 15 is 0 Å². The van der Waals surface area contributed by atoms with Gasteiger partial charge in [-0.2, -0.15) is 4.31 Å². The number of ether oxygens (including phenoxy) is 1. The molecular weight excluding hydrogens is 388 g/mol. The van der Waals surface area contributed by atoms with Gasteiger partial charge in [0.15, 0.2) is 6.61 Å². The largest absolute Gasteiger partial charge is 0.484 e. The standard InChI is InChI=1S/C22H28N2O4S/c1-17-8-9-21(18(2)14-17)28-16-22(25)23-15-19-10-12-24(13-11-19)29(26,27)20-6-4-3-5-7-20/h3-9,14,19H,10-13,15-16H2,1-2H3,(H,23,25). The number of carbonyl (C=O) groups is 1. The summed E-state index contributed by atoms with van der Waals surface area (Å²) in [6, 6.07) is 14.4. The summed E-state index contributed by atoms with van der Waals surface area (Å²) in [5.41, 5.74) is 2.16. The normalized spacial score (nSPS) is 15.8. The van der Waals surface area contributed by atoms with Gasteiger partial charge in [-0.15, -0.1) is 0 Å². The third-order valence-electron chi connectivity index (χ3n) is 5.23. The molecule has 0 atom stereocenters. The smallest absolute Gasteiger partial charge is 0.257 e. The highest BCUT2D eigenvalue weighted by molar-refractivity contribution is 7.89. The molecule has 2 aromatic rings. The topological polar surface area (TPSA) is 75.7 Å². The van der Waals surface area contributed by atoms with Gasteiger partial charge in [-0.25, -0.2) is 8.42 Å². The van der Waals surface area contributed by atoms with E-state index in [-0.39, 0.29) is 18.4 Å². The van der Waals surface area contributed by atoms with Crippen LogP contribution in [0.4, 0.5) is 0 Å². The van der Waals surface area contributed by atoms with Crippen LogP contribution in [0, 0.1) is 19.8 Å². The van der Waals surface area contributed by atoms with Crippen molar-refractivity contribution >= 4 is 15.9 Å². The number of hydrogen-bond acceptors (Lipinski definition) is 4. The molecule has 0 spiro atoms. The van der Waals surface area contributed by atoms with Gasteiger partial charge in [-0.1, -0.05) is 35.9 Å². The molecule has 1 amide bonds. The number of rotatable bonds is 7. The van der Waals surface area contributed by atoms with Crippen LogP contribution < -0.4 is 10.1 Å². The first-order valence-corrected chi connectivity index (χ1v) is 11.3. The fourth-order valence-electron chi connectivity index (χ4n) is 3.51. The minimum atomic E-state index is -3.44. The van der Waals surface area contributed by atoms with Crippen molar-refractivity contribution < 1.29 is 17.9 Å². The number of amides is 1. The number of carbonyl (C=O) groups excluding carboxylic acids is 1. The zero-order valence-corrected chi connectivity index (χ0v) is 17.7. The highest BCUT2D eigenvalue weighted by Gasteiger charge is 2.29. The number of nitrogens with zero attached hydrogens (tertiary/aromatic N) is 1. The van der Waals surface area contributed by atoms with Crippen LogP contribution in [0.3, 0.4) is 0 Å². The minimum absolute atomic E-state index is 0.0227. The Labute approximate surface area is 172 Å². The van der Waals surface area contributed by atoms with Crippen molar-refractivity contribution in [2.45, 2.75) is 31.6 Å². The van der Waals surface area contributed by atoms with E-state index in [4.69, 9.17) is 4.74 Å². The molecule has 156 valence electrons. The van der Waals surface area contributed by atoms with E-state index in [9.17, 15) is 13.2 Å². The second-order valence-electron chi connectivity index (χ2n) is 7.52. The predicted octanol–water partition coefficient (Wildman–Crippen LogP) is 2.90. The van der Waals surface area contributed by atoms with Crippen LogP contribution in [-0.2, 0) is 14.8 Å². The van der Waals surface area contributed by atoms with Crippen LogP contribution in [0.2, 0.25) is 0 Å². The number of hydrogen-bond donors (Lipinski definition) is 1. The molecule has 0 radical (unpaired) electrons. The Morgan fingerprint density at radius 1 is 1.10 bits per heavy atom. The van der Waals surface area contributed by atoms with Crippen molar-refractivity contribution in [3.8, 4) is 5.75 Å². The summed E-state index contributed by atoms with van der Waals surface area (Å²) in [7, 11) is -3.44. The van der Waals surface area contributed by atoms with Gasteiger partial charge in [0.2, 0.25) is 10.0 Å². The van der Waals surface area contributed by atoms with Crippen LogP contribution >= 0.6 is 0 Å². The van der Waals surface area contributed by atoms with E-state index in [0.29, 0.717) is 30.3 Å². The third-order valence-corrected chi connectivity index (χ3v) is 7.14. The zero-order chi connectivity index (χ0) is 20.9. The molecule has 1 aliphatic heterocycles. The summed E-state index contributed by atoms with van der Waals surface area (Å²) < 4.78 is 32.5. The van der Waals surface area contributed by atoms with Crippen LogP contribution in [0.15, 0.2) is 53.4 Å². The summed E-state index contributed by atoms with van der Waals surface area (Å²) in [4.78, 5) is 12.4. The zero-order valence-electron chi connectivity index (χ0n) is 16.9. The Morgan fingerprint density at radius 3 is 2.45 bits per heavy atom. The maximum atomic E-state index is 12.7. The van der Waals surface area contributed by atoms with Crippen molar-refractivity contribution in [2.24, 2.45) is 5.92 Å². The van der Waals surface area contributed by atoms with Gasteiger partial charge in [0.05, 0.1) is 4.90 Å². The van der Waals surface area contributed by atoms with Gasteiger partial charge < -0.3 is 10.1 Å². The lowest BCUT2D eigenvalue weighted by Crippen LogP contribution is -2.42. The molecule has 0 bridgehead atoms. The highest BCUT2D eigenvalue weighted by Crippen LogP contribution is 2.23. The fourth-order valence-corrected chi connectivity index (χ4v) is 5.00. The second-order valence-corrected chi connectivity index (χ2v) is 9.46. The molecule has 1 aliphatic rings. The maximum absolute atomic E-state index is 12.7. The maximum Gasteiger partial charge on any atom is 0.257 e. The van der Waals surface area contributed by atoms with Crippen molar-refractivity contribution in [1.29, 1.82) is 0 Å². The molecule has 1 fully saturated rings. The monoisotopic (exact) mass is 416 g/mol. The molecule has 1 N–H and O–H groups in total. The Morgan fingerprint density at radius 2 is 1.79 bits per heavy atom.